The minimum absolute atomic E-state index is 0.195. The smallest absolute Gasteiger partial charge is 0.413 e. The number of fused-ring (bicyclic) bond motifs is 1. The van der Waals surface area contributed by atoms with E-state index in [-0.39, 0.29) is 5.84 Å². The molecule has 1 N–H and O–H groups in total. The summed E-state index contributed by atoms with van der Waals surface area (Å²) in [6, 6.07) is 4.62. The van der Waals surface area contributed by atoms with E-state index in [1.54, 1.807) is 53.7 Å². The van der Waals surface area contributed by atoms with Crippen LogP contribution in [0.5, 0.6) is 0 Å². The van der Waals surface area contributed by atoms with Gasteiger partial charge in [0.2, 0.25) is 0 Å². The van der Waals surface area contributed by atoms with Crippen molar-refractivity contribution in [2.24, 2.45) is 9.36 Å². The molecule has 3 rings (SSSR count). The highest BCUT2D eigenvalue weighted by molar-refractivity contribution is 9.10. The van der Waals surface area contributed by atoms with Crippen molar-refractivity contribution in [1.82, 2.24) is 5.32 Å². The first-order valence-corrected chi connectivity index (χ1v) is 11.8. The molecule has 0 saturated heterocycles. The number of hydrogen-bond acceptors (Lipinski definition) is 5. The van der Waals surface area contributed by atoms with Gasteiger partial charge in [-0.1, -0.05) is 15.9 Å². The molecule has 3 atom stereocenters. The lowest BCUT2D eigenvalue weighted by atomic mass is 9.86. The van der Waals surface area contributed by atoms with E-state index in [2.05, 4.69) is 25.6 Å². The predicted molar refractivity (Wildman–Crippen MR) is 116 cm³/mol. The van der Waals surface area contributed by atoms with E-state index < -0.39 is 42.8 Å². The Morgan fingerprint density at radius 1 is 1.34 bits per heavy atom. The van der Waals surface area contributed by atoms with E-state index >= 15 is 0 Å². The van der Waals surface area contributed by atoms with Crippen LogP contribution in [0.1, 0.15) is 53.5 Å². The molecule has 0 aromatic heterocycles. The zero-order valence-corrected chi connectivity index (χ0v) is 19.9. The topological polar surface area (TPSA) is 80.1 Å². The van der Waals surface area contributed by atoms with Crippen LogP contribution in [0.15, 0.2) is 32.0 Å². The second kappa shape index (κ2) is 7.04. The van der Waals surface area contributed by atoms with Gasteiger partial charge in [0.05, 0.1) is 15.0 Å². The molecule has 0 aliphatic carbocycles. The van der Waals surface area contributed by atoms with Crippen molar-refractivity contribution in [2.75, 3.05) is 6.54 Å². The van der Waals surface area contributed by atoms with E-state index in [4.69, 9.17) is 9.73 Å². The molecule has 2 aliphatic rings. The van der Waals surface area contributed by atoms with Crippen LogP contribution < -0.4 is 5.32 Å². The molecule has 6 nitrogen and oxygen atoms in total. The maximum atomic E-state index is 14.9. The van der Waals surface area contributed by atoms with Gasteiger partial charge in [-0.15, -0.1) is 0 Å². The van der Waals surface area contributed by atoms with Crippen LogP contribution in [0.25, 0.3) is 0 Å². The molecule has 0 unspecified atom stereocenters. The highest BCUT2D eigenvalue weighted by Crippen LogP contribution is 2.48. The lowest BCUT2D eigenvalue weighted by molar-refractivity contribution is 0.0560. The van der Waals surface area contributed by atoms with Crippen molar-refractivity contribution in [2.45, 2.75) is 69.1 Å². The molecule has 0 fully saturated rings. The lowest BCUT2D eigenvalue weighted by Crippen LogP contribution is -2.60. The van der Waals surface area contributed by atoms with E-state index in [9.17, 15) is 13.4 Å². The van der Waals surface area contributed by atoms with Crippen LogP contribution in [-0.2, 0) is 20.0 Å². The number of nitrogens with one attached hydrogen (secondary N) is 1. The Hall–Kier alpha value is -1.48. The summed E-state index contributed by atoms with van der Waals surface area (Å²) in [5.74, 6) is -0.245. The molecule has 1 aromatic carbocycles. The fraction of sp³-hybridized carbons (Fsp3) is 0.600. The number of aliphatic imine (C=N–C) groups is 1. The van der Waals surface area contributed by atoms with Crippen LogP contribution in [-0.4, -0.2) is 38.3 Å². The van der Waals surface area contributed by atoms with Gasteiger partial charge in [0.25, 0.3) is 0 Å². The average molecular weight is 488 g/mol. The summed E-state index contributed by atoms with van der Waals surface area (Å²) < 4.78 is 38.5. The minimum atomic E-state index is -2.86. The van der Waals surface area contributed by atoms with Crippen LogP contribution in [0.2, 0.25) is 0 Å². The van der Waals surface area contributed by atoms with Gasteiger partial charge in [0.1, 0.15) is 27.5 Å². The zero-order chi connectivity index (χ0) is 21.8. The van der Waals surface area contributed by atoms with Crippen molar-refractivity contribution < 1.29 is 18.1 Å². The van der Waals surface area contributed by atoms with Crippen LogP contribution in [0.3, 0.4) is 0 Å². The summed E-state index contributed by atoms with van der Waals surface area (Å²) in [7, 11) is -2.86. The summed E-state index contributed by atoms with van der Waals surface area (Å²) in [4.78, 5) is 17.3. The number of halogens is 2. The molecule has 2 aliphatic heterocycles. The molecule has 2 heterocycles. The average Bonchev–Trinajstić information content (AvgIpc) is 2.98. The summed E-state index contributed by atoms with van der Waals surface area (Å²) in [5, 5.41) is 2.20. The number of amidine groups is 1. The maximum absolute atomic E-state index is 14.9. The standard InChI is InChI=1S/C20H27BrFN3O3S/c1-18(2,3)28-17(26)24-16-19(4,5)29(27)15(9-10-23-29)20(6,25-16)13-11-12(21)7-8-14(13)22/h7-8,11,15H,9-10H2,1-6H3,(H,24,25,26)/t15-,20+,29+/m0/s1. The molecular weight excluding hydrogens is 461 g/mol. The Morgan fingerprint density at radius 3 is 2.62 bits per heavy atom. The van der Waals surface area contributed by atoms with Crippen molar-refractivity contribution in [3.05, 3.63) is 34.1 Å². The number of hydrogen-bond donors (Lipinski definition) is 1. The van der Waals surface area contributed by atoms with Gasteiger partial charge in [-0.3, -0.25) is 10.3 Å². The molecule has 0 bridgehead atoms. The number of ether oxygens (including phenoxy) is 1. The maximum Gasteiger partial charge on any atom is 0.413 e. The van der Waals surface area contributed by atoms with Crippen molar-refractivity contribution in [1.29, 1.82) is 0 Å². The first-order valence-electron chi connectivity index (χ1n) is 9.48. The number of carbonyl (C=O) groups excluding carboxylic acids is 1. The molecule has 0 spiro atoms. The Morgan fingerprint density at radius 2 is 2.00 bits per heavy atom. The first kappa shape index (κ1) is 22.2. The predicted octanol–water partition coefficient (Wildman–Crippen LogP) is 4.76. The van der Waals surface area contributed by atoms with Crippen molar-refractivity contribution >= 4 is 37.6 Å². The third-order valence-electron chi connectivity index (χ3n) is 5.43. The summed E-state index contributed by atoms with van der Waals surface area (Å²) in [6.45, 7) is 10.9. The third-order valence-corrected chi connectivity index (χ3v) is 9.61. The Balaban J connectivity index is 2.18. The van der Waals surface area contributed by atoms with E-state index in [1.165, 1.54) is 6.07 Å². The van der Waals surface area contributed by atoms with Crippen molar-refractivity contribution in [3.63, 3.8) is 0 Å². The Kier molecular flexibility index (Phi) is 5.39. The minimum Gasteiger partial charge on any atom is -0.444 e. The van der Waals surface area contributed by atoms with Crippen molar-refractivity contribution in [3.8, 4) is 0 Å². The fourth-order valence-electron chi connectivity index (χ4n) is 3.94. The highest BCUT2D eigenvalue weighted by atomic mass is 79.9. The largest absolute Gasteiger partial charge is 0.444 e. The highest BCUT2D eigenvalue weighted by Gasteiger charge is 2.57. The zero-order valence-electron chi connectivity index (χ0n) is 17.5. The van der Waals surface area contributed by atoms with Gasteiger partial charge < -0.3 is 4.74 Å². The molecule has 29 heavy (non-hydrogen) atoms. The van der Waals surface area contributed by atoms with Crippen LogP contribution in [0, 0.1) is 5.82 Å². The number of carbonyl (C=O) groups is 1. The molecule has 1 amide bonds. The molecule has 1 aromatic rings. The van der Waals surface area contributed by atoms with Crippen LogP contribution >= 0.6 is 15.9 Å². The molecule has 160 valence electrons. The van der Waals surface area contributed by atoms with Gasteiger partial charge >= 0.3 is 6.09 Å². The first-order chi connectivity index (χ1) is 13.2. The second-order valence-electron chi connectivity index (χ2n) is 9.07. The second-order valence-corrected chi connectivity index (χ2v) is 13.0. The fourth-order valence-corrected chi connectivity index (χ4v) is 7.49. The summed E-state index contributed by atoms with van der Waals surface area (Å²) in [5.41, 5.74) is -1.53. The normalized spacial score (nSPS) is 30.8. The van der Waals surface area contributed by atoms with Gasteiger partial charge in [0.15, 0.2) is 0 Å². The van der Waals surface area contributed by atoms with Gasteiger partial charge in [-0.05, 0) is 66.2 Å². The number of benzene rings is 1. The Labute approximate surface area is 180 Å². The summed E-state index contributed by atoms with van der Waals surface area (Å²) in [6.07, 6.45) is -0.158. The van der Waals surface area contributed by atoms with Gasteiger partial charge in [-0.25, -0.2) is 17.8 Å². The Bertz CT molecular complexity index is 1010. The third kappa shape index (κ3) is 3.71. The van der Waals surface area contributed by atoms with E-state index in [0.29, 0.717) is 23.0 Å². The number of rotatable bonds is 1. The molecule has 0 radical (unpaired) electrons. The molecule has 0 saturated carbocycles. The van der Waals surface area contributed by atoms with Gasteiger partial charge in [-0.2, -0.15) is 0 Å². The number of nitrogens with zero attached hydrogens (tertiary/aromatic N) is 2. The number of amides is 1. The number of alkyl carbamates (subject to hydrolysis) is 1. The molecule has 9 heteroatoms. The van der Waals surface area contributed by atoms with Gasteiger partial charge in [0, 0.05) is 16.6 Å². The van der Waals surface area contributed by atoms with E-state index in [1.807, 2.05) is 0 Å². The molecular formula is C20H27BrFN3O3S. The quantitative estimate of drug-likeness (QED) is 0.619. The monoisotopic (exact) mass is 487 g/mol. The van der Waals surface area contributed by atoms with E-state index in [0.717, 1.165) is 0 Å². The van der Waals surface area contributed by atoms with Crippen LogP contribution in [0.4, 0.5) is 9.18 Å². The lowest BCUT2D eigenvalue weighted by Gasteiger charge is -2.45. The SMILES string of the molecule is CC(C)(C)OC(=O)NC1=N[C@](C)(c2cc(Br)ccc2F)[C@@H]2CCN=[S@]2(=O)C1(C)C. The summed E-state index contributed by atoms with van der Waals surface area (Å²) >= 11 is 3.38.